The molecule has 1 saturated heterocycles. The number of rotatable bonds is 4. The Morgan fingerprint density at radius 1 is 1.33 bits per heavy atom. The molecule has 1 fully saturated rings. The largest absolute Gasteiger partial charge is 0.337 e. The Morgan fingerprint density at radius 3 is 2.50 bits per heavy atom. The van der Waals surface area contributed by atoms with E-state index < -0.39 is 0 Å². The molecule has 5 heteroatoms. The highest BCUT2D eigenvalue weighted by Crippen LogP contribution is 2.31. The molecule has 1 atom stereocenters. The van der Waals surface area contributed by atoms with Crippen molar-refractivity contribution in [1.82, 2.24) is 19.9 Å². The molecule has 0 saturated carbocycles. The van der Waals surface area contributed by atoms with Crippen LogP contribution >= 0.6 is 0 Å². The predicted octanol–water partition coefficient (Wildman–Crippen LogP) is 1.19. The van der Waals surface area contributed by atoms with Crippen molar-refractivity contribution in [1.29, 1.82) is 0 Å². The number of imidazole rings is 1. The molecule has 3 N–H and O–H groups in total. The monoisotopic (exact) mass is 251 g/mol. The molecule has 1 aliphatic rings. The van der Waals surface area contributed by atoms with Crippen LogP contribution in [-0.4, -0.2) is 33.1 Å². The van der Waals surface area contributed by atoms with Gasteiger partial charge in [0.2, 0.25) is 0 Å². The van der Waals surface area contributed by atoms with Crippen molar-refractivity contribution < 1.29 is 0 Å². The van der Waals surface area contributed by atoms with Gasteiger partial charge in [-0.05, 0) is 39.8 Å². The van der Waals surface area contributed by atoms with Crippen LogP contribution in [0.1, 0.15) is 45.0 Å². The maximum atomic E-state index is 5.80. The van der Waals surface area contributed by atoms with E-state index in [1.54, 1.807) is 0 Å². The second-order valence-corrected chi connectivity index (χ2v) is 5.70. The van der Waals surface area contributed by atoms with Crippen LogP contribution in [0.3, 0.4) is 0 Å². The molecule has 0 radical (unpaired) electrons. The Labute approximate surface area is 109 Å². The predicted molar refractivity (Wildman–Crippen MR) is 72.8 cm³/mol. The fourth-order valence-corrected chi connectivity index (χ4v) is 2.90. The van der Waals surface area contributed by atoms with Crippen molar-refractivity contribution in [2.24, 2.45) is 12.9 Å². The summed E-state index contributed by atoms with van der Waals surface area (Å²) >= 11 is 0. The van der Waals surface area contributed by atoms with Gasteiger partial charge in [-0.25, -0.2) is 10.4 Å². The standard InChI is InChI=1S/C13H25N5/c1-13(2,18-8-5-4-6-9-18)11(16-14)12-15-7-10-17(12)3/h7,10-11,16H,4-6,8-9,14H2,1-3H3. The maximum Gasteiger partial charge on any atom is 0.128 e. The SMILES string of the molecule is Cn1ccnc1C(NN)C(C)(C)N1CCCCC1. The summed E-state index contributed by atoms with van der Waals surface area (Å²) in [5, 5.41) is 0. The van der Waals surface area contributed by atoms with Crippen molar-refractivity contribution in [3.63, 3.8) is 0 Å². The van der Waals surface area contributed by atoms with Crippen LogP contribution in [0.4, 0.5) is 0 Å². The van der Waals surface area contributed by atoms with Gasteiger partial charge in [0.1, 0.15) is 5.82 Å². The first-order valence-electron chi connectivity index (χ1n) is 6.75. The highest BCUT2D eigenvalue weighted by Gasteiger charge is 2.38. The topological polar surface area (TPSA) is 59.1 Å². The summed E-state index contributed by atoms with van der Waals surface area (Å²) in [4.78, 5) is 6.97. The molecule has 102 valence electrons. The van der Waals surface area contributed by atoms with Crippen molar-refractivity contribution >= 4 is 0 Å². The molecule has 1 aromatic rings. The fourth-order valence-electron chi connectivity index (χ4n) is 2.90. The Balaban J connectivity index is 2.22. The van der Waals surface area contributed by atoms with Crippen molar-refractivity contribution in [3.8, 4) is 0 Å². The number of aryl methyl sites for hydroxylation is 1. The van der Waals surface area contributed by atoms with Gasteiger partial charge in [-0.3, -0.25) is 10.7 Å². The lowest BCUT2D eigenvalue weighted by atomic mass is 9.90. The van der Waals surface area contributed by atoms with Gasteiger partial charge in [-0.2, -0.15) is 0 Å². The first kappa shape index (κ1) is 13.5. The second kappa shape index (κ2) is 5.38. The van der Waals surface area contributed by atoms with E-state index in [-0.39, 0.29) is 11.6 Å². The summed E-state index contributed by atoms with van der Waals surface area (Å²) in [6.07, 6.45) is 7.69. The van der Waals surface area contributed by atoms with E-state index in [0.29, 0.717) is 0 Å². The van der Waals surface area contributed by atoms with E-state index in [4.69, 9.17) is 5.84 Å². The molecule has 1 aromatic heterocycles. The highest BCUT2D eigenvalue weighted by atomic mass is 15.3. The first-order chi connectivity index (χ1) is 8.57. The van der Waals surface area contributed by atoms with Gasteiger partial charge in [-0.15, -0.1) is 0 Å². The number of piperidine rings is 1. The van der Waals surface area contributed by atoms with Crippen LogP contribution in [0, 0.1) is 0 Å². The van der Waals surface area contributed by atoms with Crippen LogP contribution in [0.2, 0.25) is 0 Å². The summed E-state index contributed by atoms with van der Waals surface area (Å²) in [7, 11) is 2.01. The van der Waals surface area contributed by atoms with Gasteiger partial charge in [0.25, 0.3) is 0 Å². The van der Waals surface area contributed by atoms with Gasteiger partial charge in [0.15, 0.2) is 0 Å². The lowest BCUT2D eigenvalue weighted by Crippen LogP contribution is -2.56. The van der Waals surface area contributed by atoms with Gasteiger partial charge in [0, 0.05) is 25.0 Å². The molecule has 18 heavy (non-hydrogen) atoms. The number of likely N-dealkylation sites (tertiary alicyclic amines) is 1. The number of hydrogen-bond acceptors (Lipinski definition) is 4. The zero-order chi connectivity index (χ0) is 13.2. The Bertz CT molecular complexity index is 378. The minimum atomic E-state index is -0.0334. The maximum absolute atomic E-state index is 5.80. The lowest BCUT2D eigenvalue weighted by Gasteiger charge is -2.45. The van der Waals surface area contributed by atoms with Gasteiger partial charge in [0.05, 0.1) is 6.04 Å². The molecular weight excluding hydrogens is 226 g/mol. The summed E-state index contributed by atoms with van der Waals surface area (Å²) in [6, 6.07) is 0.0376. The third-order valence-electron chi connectivity index (χ3n) is 4.16. The Hall–Kier alpha value is -0.910. The summed E-state index contributed by atoms with van der Waals surface area (Å²) < 4.78 is 2.04. The zero-order valence-corrected chi connectivity index (χ0v) is 11.7. The van der Waals surface area contributed by atoms with Crippen molar-refractivity contribution in [2.45, 2.75) is 44.7 Å². The normalized spacial score (nSPS) is 20.0. The first-order valence-corrected chi connectivity index (χ1v) is 6.75. The number of nitrogens with zero attached hydrogens (tertiary/aromatic N) is 3. The average Bonchev–Trinajstić information content (AvgIpc) is 2.78. The average molecular weight is 251 g/mol. The molecule has 2 rings (SSSR count). The number of aromatic nitrogens is 2. The summed E-state index contributed by atoms with van der Waals surface area (Å²) in [6.45, 7) is 6.79. The third kappa shape index (κ3) is 2.43. The van der Waals surface area contributed by atoms with Crippen LogP contribution < -0.4 is 11.3 Å². The van der Waals surface area contributed by atoms with E-state index in [1.165, 1.54) is 19.3 Å². The van der Waals surface area contributed by atoms with E-state index in [2.05, 4.69) is 29.2 Å². The van der Waals surface area contributed by atoms with Crippen LogP contribution in [0.5, 0.6) is 0 Å². The van der Waals surface area contributed by atoms with E-state index in [1.807, 2.05) is 24.0 Å². The molecule has 0 aliphatic carbocycles. The summed E-state index contributed by atoms with van der Waals surface area (Å²) in [5.74, 6) is 6.79. The van der Waals surface area contributed by atoms with E-state index in [0.717, 1.165) is 18.9 Å². The minimum absolute atomic E-state index is 0.0334. The minimum Gasteiger partial charge on any atom is -0.337 e. The van der Waals surface area contributed by atoms with Crippen molar-refractivity contribution in [3.05, 3.63) is 18.2 Å². The molecule has 2 heterocycles. The molecule has 1 aliphatic heterocycles. The number of nitrogens with two attached hydrogens (primary N) is 1. The molecule has 0 aromatic carbocycles. The Morgan fingerprint density at radius 2 is 2.00 bits per heavy atom. The Kier molecular flexibility index (Phi) is 4.04. The highest BCUT2D eigenvalue weighted by molar-refractivity contribution is 5.07. The van der Waals surface area contributed by atoms with Crippen LogP contribution in [0.15, 0.2) is 12.4 Å². The molecule has 0 amide bonds. The van der Waals surface area contributed by atoms with Gasteiger partial charge >= 0.3 is 0 Å². The summed E-state index contributed by atoms with van der Waals surface area (Å²) in [5.41, 5.74) is 2.92. The van der Waals surface area contributed by atoms with Gasteiger partial charge < -0.3 is 4.57 Å². The number of hydrogen-bond donors (Lipinski definition) is 2. The number of hydrazine groups is 1. The van der Waals surface area contributed by atoms with Gasteiger partial charge in [-0.1, -0.05) is 6.42 Å². The number of nitrogens with one attached hydrogen (secondary N) is 1. The smallest absolute Gasteiger partial charge is 0.128 e. The fraction of sp³-hybridized carbons (Fsp3) is 0.769. The molecule has 1 unspecified atom stereocenters. The van der Waals surface area contributed by atoms with E-state index >= 15 is 0 Å². The molecular formula is C13H25N5. The molecule has 0 bridgehead atoms. The van der Waals surface area contributed by atoms with E-state index in [9.17, 15) is 0 Å². The molecule has 0 spiro atoms. The van der Waals surface area contributed by atoms with Crippen LogP contribution in [0.25, 0.3) is 0 Å². The third-order valence-corrected chi connectivity index (χ3v) is 4.16. The van der Waals surface area contributed by atoms with Crippen LogP contribution in [-0.2, 0) is 7.05 Å². The zero-order valence-electron chi connectivity index (χ0n) is 11.7. The van der Waals surface area contributed by atoms with Crippen molar-refractivity contribution in [2.75, 3.05) is 13.1 Å². The molecule has 5 nitrogen and oxygen atoms in total. The second-order valence-electron chi connectivity index (χ2n) is 5.70. The quantitative estimate of drug-likeness (QED) is 0.623. The lowest BCUT2D eigenvalue weighted by molar-refractivity contribution is 0.0571.